The highest BCUT2D eigenvalue weighted by Gasteiger charge is 2.17. The molecule has 0 fully saturated rings. The van der Waals surface area contributed by atoms with E-state index in [-0.39, 0.29) is 12.3 Å². The van der Waals surface area contributed by atoms with Crippen molar-refractivity contribution >= 4 is 17.6 Å². The van der Waals surface area contributed by atoms with Crippen LogP contribution in [0.15, 0.2) is 60.7 Å². The predicted molar refractivity (Wildman–Crippen MR) is 73.9 cm³/mol. The van der Waals surface area contributed by atoms with Gasteiger partial charge >= 0.3 is 0 Å². The Balaban J connectivity index is 2.06. The Kier molecular flexibility index (Phi) is 4.50. The molecule has 0 aliphatic rings. The van der Waals surface area contributed by atoms with E-state index in [2.05, 4.69) is 5.32 Å². The van der Waals surface area contributed by atoms with Gasteiger partial charge in [0.05, 0.1) is 0 Å². The van der Waals surface area contributed by atoms with Gasteiger partial charge in [-0.25, -0.2) is 0 Å². The molecule has 1 amide bonds. The van der Waals surface area contributed by atoms with Crippen LogP contribution in [0.2, 0.25) is 0 Å². The second-order valence-corrected chi connectivity index (χ2v) is 4.40. The fourth-order valence-electron chi connectivity index (χ4n) is 1.94. The number of anilines is 1. The molecule has 0 heterocycles. The average molecular weight is 268 g/mol. The average Bonchev–Trinajstić information content (AvgIpc) is 2.46. The van der Waals surface area contributed by atoms with Gasteiger partial charge in [-0.05, 0) is 17.7 Å². The Morgan fingerprint density at radius 3 is 2.05 bits per heavy atom. The first kappa shape index (κ1) is 13.8. The van der Waals surface area contributed by atoms with Gasteiger partial charge in [-0.15, -0.1) is 0 Å². The summed E-state index contributed by atoms with van der Waals surface area (Å²) in [5.74, 6) is -2.55. The fourth-order valence-corrected chi connectivity index (χ4v) is 1.94. The second kappa shape index (κ2) is 6.52. The summed E-state index contributed by atoms with van der Waals surface area (Å²) in [5, 5.41) is 13.9. The standard InChI is InChI=1S/C16H15NO3/c18-15(17-13-9-5-2-6-10-13)11-14(16(19)20)12-7-3-1-4-8-12/h1-10,14H,11H2,(H,17,18)(H,19,20)/p-1/t14-/m1/s1. The van der Waals surface area contributed by atoms with E-state index in [1.54, 1.807) is 54.6 Å². The highest BCUT2D eigenvalue weighted by atomic mass is 16.4. The SMILES string of the molecule is O=C(C[C@@H](C(=O)[O-])c1ccccc1)Nc1ccccc1. The molecule has 2 aromatic rings. The Labute approximate surface area is 117 Å². The zero-order valence-electron chi connectivity index (χ0n) is 10.8. The number of hydrogen-bond acceptors (Lipinski definition) is 3. The molecule has 2 aromatic carbocycles. The van der Waals surface area contributed by atoms with E-state index in [0.717, 1.165) is 0 Å². The Hall–Kier alpha value is -2.62. The molecule has 1 N–H and O–H groups in total. The molecular weight excluding hydrogens is 254 g/mol. The van der Waals surface area contributed by atoms with Crippen LogP contribution < -0.4 is 10.4 Å². The van der Waals surface area contributed by atoms with Gasteiger partial charge in [0.1, 0.15) is 0 Å². The van der Waals surface area contributed by atoms with Gasteiger partial charge in [-0.3, -0.25) is 4.79 Å². The molecule has 1 atom stereocenters. The summed E-state index contributed by atoms with van der Waals surface area (Å²) in [6.45, 7) is 0. The first-order valence-corrected chi connectivity index (χ1v) is 6.27. The van der Waals surface area contributed by atoms with Crippen molar-refractivity contribution in [1.82, 2.24) is 0 Å². The minimum absolute atomic E-state index is 0.152. The number of para-hydroxylation sites is 1. The molecule has 102 valence electrons. The minimum atomic E-state index is -1.25. The molecule has 0 unspecified atom stereocenters. The largest absolute Gasteiger partial charge is 0.549 e. The molecular formula is C16H14NO3-. The number of rotatable bonds is 5. The molecule has 0 saturated carbocycles. The van der Waals surface area contributed by atoms with Gasteiger partial charge in [0, 0.05) is 24.0 Å². The smallest absolute Gasteiger partial charge is 0.225 e. The van der Waals surface area contributed by atoms with E-state index in [0.29, 0.717) is 11.3 Å². The highest BCUT2D eigenvalue weighted by Crippen LogP contribution is 2.19. The topological polar surface area (TPSA) is 69.2 Å². The van der Waals surface area contributed by atoms with Crippen LogP contribution in [0.3, 0.4) is 0 Å². The van der Waals surface area contributed by atoms with Gasteiger partial charge in [0.2, 0.25) is 5.91 Å². The van der Waals surface area contributed by atoms with Crippen molar-refractivity contribution in [3.8, 4) is 0 Å². The van der Waals surface area contributed by atoms with Crippen molar-refractivity contribution in [2.24, 2.45) is 0 Å². The summed E-state index contributed by atoms with van der Waals surface area (Å²) in [6.07, 6.45) is -0.152. The van der Waals surface area contributed by atoms with E-state index in [9.17, 15) is 14.7 Å². The highest BCUT2D eigenvalue weighted by molar-refractivity contribution is 5.94. The lowest BCUT2D eigenvalue weighted by atomic mass is 9.95. The molecule has 0 aromatic heterocycles. The second-order valence-electron chi connectivity index (χ2n) is 4.40. The number of carboxylic acid groups (broad SMARTS) is 1. The summed E-state index contributed by atoms with van der Waals surface area (Å²) in [7, 11) is 0. The minimum Gasteiger partial charge on any atom is -0.549 e. The number of carbonyl (C=O) groups is 2. The quantitative estimate of drug-likeness (QED) is 0.894. The van der Waals surface area contributed by atoms with Crippen molar-refractivity contribution < 1.29 is 14.7 Å². The maximum Gasteiger partial charge on any atom is 0.225 e. The van der Waals surface area contributed by atoms with Gasteiger partial charge in [0.15, 0.2) is 0 Å². The van der Waals surface area contributed by atoms with E-state index in [1.165, 1.54) is 0 Å². The van der Waals surface area contributed by atoms with Crippen molar-refractivity contribution in [2.75, 3.05) is 5.32 Å². The third-order valence-corrected chi connectivity index (χ3v) is 2.93. The Bertz CT molecular complexity index is 581. The zero-order valence-corrected chi connectivity index (χ0v) is 10.8. The third kappa shape index (κ3) is 3.68. The van der Waals surface area contributed by atoms with E-state index in [1.807, 2.05) is 6.07 Å². The van der Waals surface area contributed by atoms with Gasteiger partial charge in [0.25, 0.3) is 0 Å². The molecule has 0 saturated heterocycles. The normalized spacial score (nSPS) is 11.6. The number of aliphatic carboxylic acids is 1. The van der Waals surface area contributed by atoms with Crippen LogP contribution in [-0.2, 0) is 9.59 Å². The molecule has 0 aliphatic carbocycles. The van der Waals surface area contributed by atoms with Gasteiger partial charge < -0.3 is 15.2 Å². The van der Waals surface area contributed by atoms with Crippen LogP contribution in [0.4, 0.5) is 5.69 Å². The first-order valence-electron chi connectivity index (χ1n) is 6.27. The van der Waals surface area contributed by atoms with Gasteiger partial charge in [-0.2, -0.15) is 0 Å². The molecule has 0 aliphatic heterocycles. The lowest BCUT2D eigenvalue weighted by Crippen LogP contribution is -2.32. The summed E-state index contributed by atoms with van der Waals surface area (Å²) in [5.41, 5.74) is 1.21. The molecule has 0 spiro atoms. The molecule has 20 heavy (non-hydrogen) atoms. The summed E-state index contributed by atoms with van der Waals surface area (Å²) < 4.78 is 0. The molecule has 0 bridgehead atoms. The van der Waals surface area contributed by atoms with E-state index >= 15 is 0 Å². The lowest BCUT2D eigenvalue weighted by Gasteiger charge is -2.18. The molecule has 2 rings (SSSR count). The summed E-state index contributed by atoms with van der Waals surface area (Å²) >= 11 is 0. The van der Waals surface area contributed by atoms with Crippen LogP contribution in [0.25, 0.3) is 0 Å². The maximum absolute atomic E-state index is 11.9. The van der Waals surface area contributed by atoms with Crippen molar-refractivity contribution in [3.05, 3.63) is 66.2 Å². The van der Waals surface area contributed by atoms with E-state index in [4.69, 9.17) is 0 Å². The van der Waals surface area contributed by atoms with Crippen LogP contribution in [-0.4, -0.2) is 11.9 Å². The Morgan fingerprint density at radius 2 is 1.50 bits per heavy atom. The van der Waals surface area contributed by atoms with Crippen LogP contribution in [0.5, 0.6) is 0 Å². The number of carboxylic acids is 1. The predicted octanol–water partition coefficient (Wildman–Crippen LogP) is 1.55. The molecule has 4 nitrogen and oxygen atoms in total. The summed E-state index contributed by atoms with van der Waals surface area (Å²) in [4.78, 5) is 23.1. The zero-order chi connectivity index (χ0) is 14.4. The lowest BCUT2D eigenvalue weighted by molar-refractivity contribution is -0.308. The Morgan fingerprint density at radius 1 is 0.950 bits per heavy atom. The monoisotopic (exact) mass is 268 g/mol. The number of nitrogens with one attached hydrogen (secondary N) is 1. The summed E-state index contributed by atoms with van der Waals surface area (Å²) in [6, 6.07) is 17.5. The van der Waals surface area contributed by atoms with Crippen LogP contribution in [0, 0.1) is 0 Å². The third-order valence-electron chi connectivity index (χ3n) is 2.93. The molecule has 0 radical (unpaired) electrons. The van der Waals surface area contributed by atoms with Crippen LogP contribution >= 0.6 is 0 Å². The number of carbonyl (C=O) groups excluding carboxylic acids is 2. The molecule has 4 heteroatoms. The van der Waals surface area contributed by atoms with E-state index < -0.39 is 11.9 Å². The number of amides is 1. The van der Waals surface area contributed by atoms with Gasteiger partial charge in [-0.1, -0.05) is 48.5 Å². The number of hydrogen-bond donors (Lipinski definition) is 1. The fraction of sp³-hybridized carbons (Fsp3) is 0.125. The number of benzene rings is 2. The first-order chi connectivity index (χ1) is 9.66. The maximum atomic E-state index is 11.9. The van der Waals surface area contributed by atoms with Crippen molar-refractivity contribution in [3.63, 3.8) is 0 Å². The van der Waals surface area contributed by atoms with Crippen molar-refractivity contribution in [2.45, 2.75) is 12.3 Å². The van der Waals surface area contributed by atoms with Crippen molar-refractivity contribution in [1.29, 1.82) is 0 Å². The van der Waals surface area contributed by atoms with Crippen LogP contribution in [0.1, 0.15) is 17.9 Å².